The Morgan fingerprint density at radius 3 is 2.60 bits per heavy atom. The molecule has 0 fully saturated rings. The summed E-state index contributed by atoms with van der Waals surface area (Å²) in [6.45, 7) is 2.06. The highest BCUT2D eigenvalue weighted by molar-refractivity contribution is 7.98. The molecule has 4 aromatic rings. The third-order valence-corrected chi connectivity index (χ3v) is 5.82. The van der Waals surface area contributed by atoms with Crippen LogP contribution in [0.3, 0.4) is 0 Å². The molecule has 2 heterocycles. The number of aromatic nitrogens is 2. The molecule has 0 aliphatic carbocycles. The average molecular weight is 364 g/mol. The molecule has 25 heavy (non-hydrogen) atoms. The Morgan fingerprint density at radius 2 is 1.84 bits per heavy atom. The quantitative estimate of drug-likeness (QED) is 0.397. The molecule has 3 nitrogen and oxygen atoms in total. The highest BCUT2D eigenvalue weighted by Gasteiger charge is 2.13. The summed E-state index contributed by atoms with van der Waals surface area (Å²) in [5, 5.41) is 3.36. The number of aryl methyl sites for hydroxylation is 1. The highest BCUT2D eigenvalue weighted by Crippen LogP contribution is 2.32. The zero-order chi connectivity index (χ0) is 17.2. The van der Waals surface area contributed by atoms with Gasteiger partial charge in [0, 0.05) is 16.7 Å². The molecule has 2 aromatic heterocycles. The number of benzene rings is 2. The van der Waals surface area contributed by atoms with E-state index in [-0.39, 0.29) is 5.56 Å². The lowest BCUT2D eigenvalue weighted by Gasteiger charge is -2.03. The maximum Gasteiger partial charge on any atom is 0.260 e. The van der Waals surface area contributed by atoms with Crippen LogP contribution < -0.4 is 5.56 Å². The molecule has 5 heteroatoms. The molecule has 0 aliphatic rings. The van der Waals surface area contributed by atoms with Crippen molar-refractivity contribution in [2.45, 2.75) is 17.8 Å². The Balaban J connectivity index is 1.67. The number of nitrogens with zero attached hydrogens (tertiary/aromatic N) is 1. The third-order valence-electron chi connectivity index (χ3n) is 4.00. The monoisotopic (exact) mass is 364 g/mol. The predicted octanol–water partition coefficient (Wildman–Crippen LogP) is 5.25. The van der Waals surface area contributed by atoms with Gasteiger partial charge in [-0.3, -0.25) is 4.79 Å². The van der Waals surface area contributed by atoms with E-state index in [4.69, 9.17) is 0 Å². The fourth-order valence-corrected chi connectivity index (χ4v) is 4.49. The second kappa shape index (κ2) is 6.86. The molecule has 0 saturated heterocycles. The zero-order valence-electron chi connectivity index (χ0n) is 13.7. The average Bonchev–Trinajstić information content (AvgIpc) is 3.06. The largest absolute Gasteiger partial charge is 0.301 e. The fourth-order valence-electron chi connectivity index (χ4n) is 2.67. The molecule has 0 radical (unpaired) electrons. The Labute approximate surface area is 153 Å². The number of hydrogen-bond acceptors (Lipinski definition) is 4. The number of thioether (sulfide) groups is 1. The maximum atomic E-state index is 12.6. The van der Waals surface area contributed by atoms with E-state index in [1.165, 1.54) is 22.5 Å². The Hall–Kier alpha value is -2.37. The van der Waals surface area contributed by atoms with Crippen LogP contribution in [0.15, 0.2) is 69.9 Å². The molecule has 0 bridgehead atoms. The van der Waals surface area contributed by atoms with Gasteiger partial charge in [0.15, 0.2) is 5.16 Å². The van der Waals surface area contributed by atoms with Crippen LogP contribution in [0.1, 0.15) is 11.1 Å². The van der Waals surface area contributed by atoms with Gasteiger partial charge in [-0.1, -0.05) is 71.9 Å². The molecule has 4 rings (SSSR count). The molecule has 1 N–H and O–H groups in total. The molecular formula is C20H16N2OS2. The van der Waals surface area contributed by atoms with Crippen molar-refractivity contribution in [3.05, 3.63) is 81.5 Å². The minimum atomic E-state index is -0.0719. The summed E-state index contributed by atoms with van der Waals surface area (Å²) in [4.78, 5) is 21.0. The summed E-state index contributed by atoms with van der Waals surface area (Å²) in [5.41, 5.74) is 4.34. The van der Waals surface area contributed by atoms with Crippen LogP contribution in [0, 0.1) is 6.92 Å². The molecule has 0 aliphatic heterocycles. The first-order valence-electron chi connectivity index (χ1n) is 7.96. The van der Waals surface area contributed by atoms with E-state index in [2.05, 4.69) is 41.2 Å². The van der Waals surface area contributed by atoms with Crippen LogP contribution in [0.5, 0.6) is 0 Å². The summed E-state index contributed by atoms with van der Waals surface area (Å²) in [5.74, 6) is 0.783. The SMILES string of the molecule is Cc1ccc(-c2csc3nc(SCc4ccccc4)[nH]c(=O)c23)cc1. The number of nitrogens with one attached hydrogen (secondary N) is 1. The first-order chi connectivity index (χ1) is 12.2. The Bertz CT molecular complexity index is 1070. The first kappa shape index (κ1) is 16.1. The molecule has 0 spiro atoms. The molecule has 0 saturated carbocycles. The summed E-state index contributed by atoms with van der Waals surface area (Å²) >= 11 is 3.07. The van der Waals surface area contributed by atoms with Gasteiger partial charge in [0.25, 0.3) is 5.56 Å². The van der Waals surface area contributed by atoms with Crippen LogP contribution in [-0.4, -0.2) is 9.97 Å². The normalized spacial score (nSPS) is 11.1. The topological polar surface area (TPSA) is 45.8 Å². The summed E-state index contributed by atoms with van der Waals surface area (Å²) in [6, 6.07) is 18.4. The predicted molar refractivity (Wildman–Crippen MR) is 106 cm³/mol. The van der Waals surface area contributed by atoms with E-state index in [0.29, 0.717) is 10.5 Å². The number of aromatic amines is 1. The minimum Gasteiger partial charge on any atom is -0.301 e. The second-order valence-electron chi connectivity index (χ2n) is 5.84. The second-order valence-corrected chi connectivity index (χ2v) is 7.66. The lowest BCUT2D eigenvalue weighted by atomic mass is 10.1. The summed E-state index contributed by atoms with van der Waals surface area (Å²) < 4.78 is 0. The van der Waals surface area contributed by atoms with E-state index in [0.717, 1.165) is 21.7 Å². The number of fused-ring (bicyclic) bond motifs is 1. The molecular weight excluding hydrogens is 348 g/mol. The van der Waals surface area contributed by atoms with Crippen LogP contribution in [0.2, 0.25) is 0 Å². The molecule has 0 amide bonds. The lowest BCUT2D eigenvalue weighted by Crippen LogP contribution is -2.08. The van der Waals surface area contributed by atoms with E-state index in [9.17, 15) is 4.79 Å². The first-order valence-corrected chi connectivity index (χ1v) is 9.82. The maximum absolute atomic E-state index is 12.6. The smallest absolute Gasteiger partial charge is 0.260 e. The van der Waals surface area contributed by atoms with Crippen molar-refractivity contribution in [1.82, 2.24) is 9.97 Å². The molecule has 2 aromatic carbocycles. The van der Waals surface area contributed by atoms with E-state index < -0.39 is 0 Å². The van der Waals surface area contributed by atoms with Gasteiger partial charge < -0.3 is 4.98 Å². The fraction of sp³-hybridized carbons (Fsp3) is 0.100. The van der Waals surface area contributed by atoms with Gasteiger partial charge in [0.05, 0.1) is 5.39 Å². The van der Waals surface area contributed by atoms with Crippen molar-refractivity contribution in [3.63, 3.8) is 0 Å². The van der Waals surface area contributed by atoms with E-state index in [1.807, 2.05) is 35.7 Å². The van der Waals surface area contributed by atoms with E-state index in [1.54, 1.807) is 11.8 Å². The third kappa shape index (κ3) is 3.38. The van der Waals surface area contributed by atoms with Gasteiger partial charge in [-0.05, 0) is 18.1 Å². The van der Waals surface area contributed by atoms with Crippen molar-refractivity contribution in [3.8, 4) is 11.1 Å². The standard InChI is InChI=1S/C20H16N2OS2/c1-13-7-9-15(10-8-13)16-12-24-19-17(16)18(23)21-20(22-19)25-11-14-5-3-2-4-6-14/h2-10,12H,11H2,1H3,(H,21,22,23). The molecule has 0 atom stereocenters. The summed E-state index contributed by atoms with van der Waals surface area (Å²) in [6.07, 6.45) is 0. The lowest BCUT2D eigenvalue weighted by molar-refractivity contribution is 0.980. The minimum absolute atomic E-state index is 0.0719. The van der Waals surface area contributed by atoms with Gasteiger partial charge in [0.2, 0.25) is 0 Å². The number of thiophene rings is 1. The number of hydrogen-bond donors (Lipinski definition) is 1. The van der Waals surface area contributed by atoms with Crippen molar-refractivity contribution >= 4 is 33.3 Å². The van der Waals surface area contributed by atoms with Crippen LogP contribution in [0.25, 0.3) is 21.3 Å². The highest BCUT2D eigenvalue weighted by atomic mass is 32.2. The number of H-pyrrole nitrogens is 1. The van der Waals surface area contributed by atoms with Crippen molar-refractivity contribution in [1.29, 1.82) is 0 Å². The van der Waals surface area contributed by atoms with Gasteiger partial charge in [-0.2, -0.15) is 0 Å². The van der Waals surface area contributed by atoms with Crippen LogP contribution in [-0.2, 0) is 5.75 Å². The molecule has 124 valence electrons. The van der Waals surface area contributed by atoms with Crippen molar-refractivity contribution < 1.29 is 0 Å². The Morgan fingerprint density at radius 1 is 1.08 bits per heavy atom. The van der Waals surface area contributed by atoms with Gasteiger partial charge in [-0.15, -0.1) is 11.3 Å². The Kier molecular flexibility index (Phi) is 4.42. The van der Waals surface area contributed by atoms with Gasteiger partial charge in [-0.25, -0.2) is 4.98 Å². The van der Waals surface area contributed by atoms with Crippen LogP contribution >= 0.6 is 23.1 Å². The summed E-state index contributed by atoms with van der Waals surface area (Å²) in [7, 11) is 0. The van der Waals surface area contributed by atoms with Crippen molar-refractivity contribution in [2.75, 3.05) is 0 Å². The van der Waals surface area contributed by atoms with Gasteiger partial charge >= 0.3 is 0 Å². The molecule has 0 unspecified atom stereocenters. The van der Waals surface area contributed by atoms with Crippen LogP contribution in [0.4, 0.5) is 0 Å². The zero-order valence-corrected chi connectivity index (χ0v) is 15.3. The van der Waals surface area contributed by atoms with Gasteiger partial charge in [0.1, 0.15) is 4.83 Å². The number of rotatable bonds is 4. The van der Waals surface area contributed by atoms with Crippen molar-refractivity contribution in [2.24, 2.45) is 0 Å². The van der Waals surface area contributed by atoms with E-state index >= 15 is 0 Å².